The van der Waals surface area contributed by atoms with E-state index in [0.717, 1.165) is 4.47 Å². The first-order chi connectivity index (χ1) is 8.15. The second-order valence-electron chi connectivity index (χ2n) is 3.66. The van der Waals surface area contributed by atoms with E-state index in [9.17, 15) is 0 Å². The van der Waals surface area contributed by atoms with Gasteiger partial charge in [0.1, 0.15) is 5.82 Å². The van der Waals surface area contributed by atoms with Gasteiger partial charge in [0.25, 0.3) is 0 Å². The first-order valence-corrected chi connectivity index (χ1v) is 6.33. The maximum atomic E-state index is 5.68. The minimum Gasteiger partial charge on any atom is -0.362 e. The fourth-order valence-corrected chi connectivity index (χ4v) is 1.81. The van der Waals surface area contributed by atoms with Gasteiger partial charge in [0, 0.05) is 10.5 Å². The number of hydrogen-bond donors (Lipinski definition) is 1. The molecule has 0 aliphatic rings. The van der Waals surface area contributed by atoms with Crippen LogP contribution < -0.4 is 5.32 Å². The van der Waals surface area contributed by atoms with Crippen LogP contribution in [0, 0.1) is 0 Å². The average Bonchev–Trinajstić information content (AvgIpc) is 2.33. The fraction of sp³-hybridized carbons (Fsp3) is 0.167. The zero-order chi connectivity index (χ0) is 12.3. The number of nitrogens with zero attached hydrogens (tertiary/aromatic N) is 2. The van der Waals surface area contributed by atoms with Gasteiger partial charge in [-0.05, 0) is 36.8 Å². The standard InChI is InChI=1S/C12H11BrClN3/c1-8(9-2-4-10(13)5-3-9)15-12-7-6-11(14)16-17-12/h2-8H,1H3,(H,15,17). The molecule has 1 N–H and O–H groups in total. The Morgan fingerprint density at radius 3 is 2.41 bits per heavy atom. The van der Waals surface area contributed by atoms with E-state index in [-0.39, 0.29) is 6.04 Å². The summed E-state index contributed by atoms with van der Waals surface area (Å²) in [6.07, 6.45) is 0. The zero-order valence-electron chi connectivity index (χ0n) is 9.19. The van der Waals surface area contributed by atoms with Crippen molar-refractivity contribution < 1.29 is 0 Å². The van der Waals surface area contributed by atoms with Crippen LogP contribution >= 0.6 is 27.5 Å². The highest BCUT2D eigenvalue weighted by molar-refractivity contribution is 9.10. The molecule has 0 aliphatic carbocycles. The van der Waals surface area contributed by atoms with Crippen molar-refractivity contribution in [1.82, 2.24) is 10.2 Å². The van der Waals surface area contributed by atoms with Crippen LogP contribution in [0.1, 0.15) is 18.5 Å². The summed E-state index contributed by atoms with van der Waals surface area (Å²) in [7, 11) is 0. The predicted octanol–water partition coefficient (Wildman–Crippen LogP) is 4.07. The Morgan fingerprint density at radius 1 is 1.12 bits per heavy atom. The molecule has 1 aromatic carbocycles. The Hall–Kier alpha value is -1.13. The molecule has 0 spiro atoms. The van der Waals surface area contributed by atoms with E-state index < -0.39 is 0 Å². The average molecular weight is 313 g/mol. The number of halogens is 2. The highest BCUT2D eigenvalue weighted by atomic mass is 79.9. The third-order valence-corrected chi connectivity index (χ3v) is 3.10. The molecule has 88 valence electrons. The summed E-state index contributed by atoms with van der Waals surface area (Å²) in [5.74, 6) is 0.713. The Bertz CT molecular complexity index is 484. The Kier molecular flexibility index (Phi) is 3.97. The summed E-state index contributed by atoms with van der Waals surface area (Å²) in [6.45, 7) is 2.07. The predicted molar refractivity (Wildman–Crippen MR) is 73.2 cm³/mol. The molecule has 0 fully saturated rings. The smallest absolute Gasteiger partial charge is 0.151 e. The lowest BCUT2D eigenvalue weighted by molar-refractivity contribution is 0.860. The normalized spacial score (nSPS) is 12.2. The van der Waals surface area contributed by atoms with Gasteiger partial charge in [0.05, 0.1) is 0 Å². The molecule has 0 bridgehead atoms. The molecule has 0 aliphatic heterocycles. The van der Waals surface area contributed by atoms with Gasteiger partial charge in [-0.25, -0.2) is 0 Å². The summed E-state index contributed by atoms with van der Waals surface area (Å²) in [5, 5.41) is 11.4. The molecule has 0 saturated carbocycles. The molecule has 0 amide bonds. The van der Waals surface area contributed by atoms with E-state index in [1.807, 2.05) is 18.2 Å². The quantitative estimate of drug-likeness (QED) is 0.928. The van der Waals surface area contributed by atoms with Gasteiger partial charge in [0.15, 0.2) is 5.15 Å². The van der Waals surface area contributed by atoms with E-state index in [0.29, 0.717) is 11.0 Å². The minimum absolute atomic E-state index is 0.165. The summed E-state index contributed by atoms with van der Waals surface area (Å²) in [4.78, 5) is 0. The summed E-state index contributed by atoms with van der Waals surface area (Å²) in [5.41, 5.74) is 1.19. The number of aromatic nitrogens is 2. The topological polar surface area (TPSA) is 37.8 Å². The molecular weight excluding hydrogens is 302 g/mol. The van der Waals surface area contributed by atoms with Crippen molar-refractivity contribution in [3.05, 3.63) is 51.6 Å². The zero-order valence-corrected chi connectivity index (χ0v) is 11.5. The third-order valence-electron chi connectivity index (χ3n) is 2.37. The molecule has 2 aromatic rings. The number of anilines is 1. The number of rotatable bonds is 3. The largest absolute Gasteiger partial charge is 0.362 e. The van der Waals surface area contributed by atoms with Crippen LogP contribution in [0.15, 0.2) is 40.9 Å². The first kappa shape index (κ1) is 12.3. The van der Waals surface area contributed by atoms with E-state index in [1.165, 1.54) is 5.56 Å². The number of nitrogens with one attached hydrogen (secondary N) is 1. The lowest BCUT2D eigenvalue weighted by Gasteiger charge is -2.14. The maximum absolute atomic E-state index is 5.68. The summed E-state index contributed by atoms with van der Waals surface area (Å²) >= 11 is 9.09. The van der Waals surface area contributed by atoms with Crippen molar-refractivity contribution in [3.8, 4) is 0 Å². The van der Waals surface area contributed by atoms with Crippen LogP contribution in [0.2, 0.25) is 5.15 Å². The van der Waals surface area contributed by atoms with Gasteiger partial charge in [-0.15, -0.1) is 10.2 Å². The van der Waals surface area contributed by atoms with Gasteiger partial charge in [-0.1, -0.05) is 39.7 Å². The van der Waals surface area contributed by atoms with Gasteiger partial charge >= 0.3 is 0 Å². The van der Waals surface area contributed by atoms with Crippen molar-refractivity contribution >= 4 is 33.3 Å². The van der Waals surface area contributed by atoms with Gasteiger partial charge in [-0.3, -0.25) is 0 Å². The Labute approximate surface area is 113 Å². The molecular formula is C12H11BrClN3. The molecule has 2 rings (SSSR count). The lowest BCUT2D eigenvalue weighted by Crippen LogP contribution is -2.08. The highest BCUT2D eigenvalue weighted by Gasteiger charge is 2.05. The minimum atomic E-state index is 0.165. The Balaban J connectivity index is 2.08. The number of benzene rings is 1. The lowest BCUT2D eigenvalue weighted by atomic mass is 10.1. The second-order valence-corrected chi connectivity index (χ2v) is 4.96. The molecule has 1 atom stereocenters. The maximum Gasteiger partial charge on any atom is 0.151 e. The van der Waals surface area contributed by atoms with Crippen molar-refractivity contribution in [3.63, 3.8) is 0 Å². The van der Waals surface area contributed by atoms with Gasteiger partial charge < -0.3 is 5.32 Å². The van der Waals surface area contributed by atoms with Crippen LogP contribution in [-0.4, -0.2) is 10.2 Å². The number of hydrogen-bond acceptors (Lipinski definition) is 3. The van der Waals surface area contributed by atoms with E-state index >= 15 is 0 Å². The fourth-order valence-electron chi connectivity index (χ4n) is 1.45. The van der Waals surface area contributed by atoms with Crippen molar-refractivity contribution in [1.29, 1.82) is 0 Å². The van der Waals surface area contributed by atoms with E-state index in [4.69, 9.17) is 11.6 Å². The Morgan fingerprint density at radius 2 is 1.82 bits per heavy atom. The van der Waals surface area contributed by atoms with E-state index in [1.54, 1.807) is 6.07 Å². The van der Waals surface area contributed by atoms with Crippen molar-refractivity contribution in [2.45, 2.75) is 13.0 Å². The molecule has 0 saturated heterocycles. The van der Waals surface area contributed by atoms with Crippen LogP contribution in [-0.2, 0) is 0 Å². The van der Waals surface area contributed by atoms with Crippen LogP contribution in [0.4, 0.5) is 5.82 Å². The first-order valence-electron chi connectivity index (χ1n) is 5.16. The van der Waals surface area contributed by atoms with Gasteiger partial charge in [-0.2, -0.15) is 0 Å². The molecule has 1 heterocycles. The molecule has 3 nitrogen and oxygen atoms in total. The molecule has 5 heteroatoms. The van der Waals surface area contributed by atoms with Crippen LogP contribution in [0.3, 0.4) is 0 Å². The SMILES string of the molecule is CC(Nc1ccc(Cl)nn1)c1ccc(Br)cc1. The second kappa shape index (κ2) is 5.47. The highest BCUT2D eigenvalue weighted by Crippen LogP contribution is 2.20. The third kappa shape index (κ3) is 3.41. The van der Waals surface area contributed by atoms with Crippen LogP contribution in [0.25, 0.3) is 0 Å². The van der Waals surface area contributed by atoms with E-state index in [2.05, 4.69) is 50.5 Å². The summed E-state index contributed by atoms with van der Waals surface area (Å²) in [6, 6.07) is 11.8. The van der Waals surface area contributed by atoms with Gasteiger partial charge in [0.2, 0.25) is 0 Å². The van der Waals surface area contributed by atoms with Crippen LogP contribution in [0.5, 0.6) is 0 Å². The molecule has 17 heavy (non-hydrogen) atoms. The molecule has 1 unspecified atom stereocenters. The summed E-state index contributed by atoms with van der Waals surface area (Å²) < 4.78 is 1.07. The monoisotopic (exact) mass is 311 g/mol. The molecule has 0 radical (unpaired) electrons. The van der Waals surface area contributed by atoms with Crippen molar-refractivity contribution in [2.75, 3.05) is 5.32 Å². The van der Waals surface area contributed by atoms with Crippen molar-refractivity contribution in [2.24, 2.45) is 0 Å². The molecule has 1 aromatic heterocycles.